The molecule has 2 aliphatic carbocycles. The Hall–Kier alpha value is -4.61. The molecule has 0 unspecified atom stereocenters. The van der Waals surface area contributed by atoms with Gasteiger partial charge in [-0.2, -0.15) is 4.98 Å². The Labute approximate surface area is 342 Å². The van der Waals surface area contributed by atoms with Crippen LogP contribution in [0.3, 0.4) is 0 Å². The first-order valence-electron chi connectivity index (χ1n) is 20.1. The van der Waals surface area contributed by atoms with Crippen LogP contribution in [-0.4, -0.2) is 95.8 Å². The number of sulfonamides is 1. The van der Waals surface area contributed by atoms with Crippen molar-refractivity contribution >= 4 is 44.6 Å². The van der Waals surface area contributed by atoms with Gasteiger partial charge in [0.05, 0.1) is 18.4 Å². The maximum Gasteiger partial charge on any atom is 0.408 e. The van der Waals surface area contributed by atoms with Crippen LogP contribution in [0.25, 0.3) is 10.8 Å². The molecule has 14 nitrogen and oxygen atoms in total. The van der Waals surface area contributed by atoms with Gasteiger partial charge in [0.15, 0.2) is 5.60 Å². The lowest BCUT2D eigenvalue weighted by atomic mass is 9.85. The number of halogens is 3. The quantitative estimate of drug-likeness (QED) is 0.257. The zero-order chi connectivity index (χ0) is 43.3. The molecule has 4 amide bonds. The predicted molar refractivity (Wildman–Crippen MR) is 211 cm³/mol. The largest absolute Gasteiger partial charge is 0.481 e. The van der Waals surface area contributed by atoms with E-state index in [-0.39, 0.29) is 37.1 Å². The molecule has 324 valence electrons. The lowest BCUT2D eigenvalue weighted by molar-refractivity contribution is -0.152. The molecule has 18 heteroatoms. The Morgan fingerprint density at radius 3 is 2.47 bits per heavy atom. The number of hydrogen-bond acceptors (Lipinski definition) is 10. The topological polar surface area (TPSA) is 182 Å². The van der Waals surface area contributed by atoms with E-state index in [0.29, 0.717) is 56.2 Å². The van der Waals surface area contributed by atoms with E-state index >= 15 is 0 Å². The SMILES string of the molecule is CC[C@@H]1C[C@@H](C)CC/C=C\[C@@H]2C[C@@]2(C(=O)NS(=O)(=O)C2(C)CC2)NC(=O)[C@@H]2C[C@@H](Oc3nc(OC)cc4cc(F)ccc34)CN2C(=O)[C@H]1NC(=O)OC(C)(C)C(C)(F)F. The van der Waals surface area contributed by atoms with Crippen molar-refractivity contribution in [3.63, 3.8) is 0 Å². The van der Waals surface area contributed by atoms with E-state index in [0.717, 1.165) is 13.8 Å². The summed E-state index contributed by atoms with van der Waals surface area (Å²) < 4.78 is 87.6. The van der Waals surface area contributed by atoms with Crippen molar-refractivity contribution in [2.75, 3.05) is 13.7 Å². The highest BCUT2D eigenvalue weighted by atomic mass is 32.2. The van der Waals surface area contributed by atoms with Crippen LogP contribution in [0.1, 0.15) is 92.9 Å². The van der Waals surface area contributed by atoms with Crippen molar-refractivity contribution in [3.8, 4) is 11.8 Å². The molecule has 2 aliphatic heterocycles. The summed E-state index contributed by atoms with van der Waals surface area (Å²) in [7, 11) is -2.71. The molecule has 0 bridgehead atoms. The van der Waals surface area contributed by atoms with Gasteiger partial charge in [-0.05, 0) is 94.7 Å². The molecule has 4 aliphatic rings. The van der Waals surface area contributed by atoms with Crippen LogP contribution in [0.5, 0.6) is 11.8 Å². The van der Waals surface area contributed by atoms with Crippen LogP contribution in [0.15, 0.2) is 36.4 Å². The number of alkyl carbamates (subject to hydrolysis) is 1. The van der Waals surface area contributed by atoms with Crippen molar-refractivity contribution in [3.05, 3.63) is 42.2 Å². The number of pyridine rings is 1. The molecule has 3 fully saturated rings. The molecule has 6 rings (SSSR count). The summed E-state index contributed by atoms with van der Waals surface area (Å²) >= 11 is 0. The molecule has 3 N–H and O–H groups in total. The van der Waals surface area contributed by atoms with Gasteiger partial charge >= 0.3 is 6.09 Å². The molecule has 7 atom stereocenters. The summed E-state index contributed by atoms with van der Waals surface area (Å²) in [6.45, 7) is 7.85. The fraction of sp³-hybridized carbons (Fsp3) is 0.634. The third-order valence-electron chi connectivity index (χ3n) is 12.5. The van der Waals surface area contributed by atoms with Gasteiger partial charge in [0.25, 0.3) is 11.8 Å². The van der Waals surface area contributed by atoms with Gasteiger partial charge in [0.1, 0.15) is 29.5 Å². The van der Waals surface area contributed by atoms with Gasteiger partial charge in [0.2, 0.25) is 33.6 Å². The molecule has 0 spiro atoms. The first-order chi connectivity index (χ1) is 27.5. The van der Waals surface area contributed by atoms with E-state index in [1.165, 1.54) is 36.3 Å². The van der Waals surface area contributed by atoms with Crippen LogP contribution in [0.4, 0.5) is 18.0 Å². The standard InChI is InChI=1S/C41H54F3N5O9S/c1-8-24-17-23(2)11-9-10-12-26-21-41(26,36(52)48-59(54,55)39(5)15-16-39)47-33(50)30-20-28(57-34-29-14-13-27(42)18-25(29)19-31(45-34)56-7)22-49(30)35(51)32(24)46-37(53)58-38(3,4)40(6,43)44/h10,12-14,18-19,23-24,26,28,30,32H,8-9,11,15-17,20-22H2,1-7H3,(H,46,53)(H,47,50)(H,48,52)/b12-10-/t23-,24+,26+,28+,30-,32-,41+/m0/s1. The van der Waals surface area contributed by atoms with Crippen LogP contribution in [0.2, 0.25) is 0 Å². The van der Waals surface area contributed by atoms with Crippen molar-refractivity contribution in [2.24, 2.45) is 17.8 Å². The highest BCUT2D eigenvalue weighted by Gasteiger charge is 2.63. The van der Waals surface area contributed by atoms with Crippen LogP contribution in [0, 0.1) is 23.6 Å². The molecule has 1 aromatic carbocycles. The van der Waals surface area contributed by atoms with E-state index < -0.39 is 91.5 Å². The lowest BCUT2D eigenvalue weighted by Gasteiger charge is -2.35. The zero-order valence-electron chi connectivity index (χ0n) is 34.4. The van der Waals surface area contributed by atoms with Crippen molar-refractivity contribution in [1.29, 1.82) is 0 Å². The second-order valence-corrected chi connectivity index (χ2v) is 19.6. The average molecular weight is 850 g/mol. The highest BCUT2D eigenvalue weighted by molar-refractivity contribution is 7.91. The normalized spacial score (nSPS) is 29.2. The Balaban J connectivity index is 1.38. The lowest BCUT2D eigenvalue weighted by Crippen LogP contribution is -2.60. The molecule has 3 heterocycles. The molecule has 2 saturated carbocycles. The number of rotatable bonds is 10. The maximum absolute atomic E-state index is 15.0. The maximum atomic E-state index is 15.0. The summed E-state index contributed by atoms with van der Waals surface area (Å²) in [4.78, 5) is 62.6. The number of benzene rings is 1. The number of amides is 4. The second kappa shape index (κ2) is 16.1. The second-order valence-electron chi connectivity index (χ2n) is 17.4. The fourth-order valence-corrected chi connectivity index (χ4v) is 9.13. The summed E-state index contributed by atoms with van der Waals surface area (Å²) in [5.41, 5.74) is -3.89. The van der Waals surface area contributed by atoms with Gasteiger partial charge in [-0.1, -0.05) is 32.4 Å². The van der Waals surface area contributed by atoms with Gasteiger partial charge in [-0.3, -0.25) is 19.1 Å². The first-order valence-corrected chi connectivity index (χ1v) is 21.6. The zero-order valence-corrected chi connectivity index (χ0v) is 35.2. The Morgan fingerprint density at radius 1 is 1.12 bits per heavy atom. The number of ether oxygens (including phenoxy) is 3. The number of alkyl halides is 2. The third kappa shape index (κ3) is 9.11. The molecule has 59 heavy (non-hydrogen) atoms. The number of carbonyl (C=O) groups is 4. The number of nitrogens with zero attached hydrogens (tertiary/aromatic N) is 2. The molecule has 0 radical (unpaired) electrons. The molecular weight excluding hydrogens is 796 g/mol. The van der Waals surface area contributed by atoms with Gasteiger partial charge < -0.3 is 29.7 Å². The van der Waals surface area contributed by atoms with Crippen molar-refractivity contribution in [2.45, 2.75) is 133 Å². The average Bonchev–Trinajstić information content (AvgIpc) is 4.03. The van der Waals surface area contributed by atoms with E-state index in [9.17, 15) is 40.8 Å². The molecular formula is C41H54F3N5O9S. The van der Waals surface area contributed by atoms with E-state index in [4.69, 9.17) is 14.2 Å². The van der Waals surface area contributed by atoms with E-state index in [2.05, 4.69) is 20.3 Å². The Bertz CT molecular complexity index is 2130. The fourth-order valence-electron chi connectivity index (χ4n) is 7.82. The number of aromatic nitrogens is 1. The van der Waals surface area contributed by atoms with Crippen LogP contribution in [-0.2, 0) is 29.1 Å². The van der Waals surface area contributed by atoms with E-state index in [1.54, 1.807) is 13.0 Å². The minimum absolute atomic E-state index is 0.00146. The third-order valence-corrected chi connectivity index (χ3v) is 14.7. The number of methoxy groups -OCH3 is 1. The smallest absolute Gasteiger partial charge is 0.408 e. The number of hydrogen-bond donors (Lipinski definition) is 3. The Morgan fingerprint density at radius 2 is 1.83 bits per heavy atom. The monoisotopic (exact) mass is 849 g/mol. The summed E-state index contributed by atoms with van der Waals surface area (Å²) in [6, 6.07) is 2.81. The molecule has 1 aromatic heterocycles. The molecule has 2 aromatic rings. The number of nitrogens with one attached hydrogen (secondary N) is 3. The number of fused-ring (bicyclic) bond motifs is 3. The van der Waals surface area contributed by atoms with Gasteiger partial charge in [-0.15, -0.1) is 0 Å². The van der Waals surface area contributed by atoms with Crippen molar-refractivity contribution < 1.29 is 55.0 Å². The number of allylic oxidation sites excluding steroid dienone is 1. The molecule has 1 saturated heterocycles. The van der Waals surface area contributed by atoms with Crippen molar-refractivity contribution in [1.82, 2.24) is 25.2 Å². The minimum atomic E-state index is -4.08. The van der Waals surface area contributed by atoms with Crippen LogP contribution >= 0.6 is 0 Å². The highest BCUT2D eigenvalue weighted by Crippen LogP contribution is 2.48. The minimum Gasteiger partial charge on any atom is -0.481 e. The van der Waals surface area contributed by atoms with Gasteiger partial charge in [0, 0.05) is 30.7 Å². The number of carbonyl (C=O) groups excluding carboxylic acids is 4. The van der Waals surface area contributed by atoms with Gasteiger partial charge in [-0.25, -0.2) is 26.4 Å². The Kier molecular flexibility index (Phi) is 12.0. The predicted octanol–water partition coefficient (Wildman–Crippen LogP) is 5.54. The summed E-state index contributed by atoms with van der Waals surface area (Å²) in [6.07, 6.45) is 4.23. The van der Waals surface area contributed by atoms with Crippen LogP contribution < -0.4 is 24.8 Å². The first kappa shape index (κ1) is 44.0. The summed E-state index contributed by atoms with van der Waals surface area (Å²) in [5.74, 6) is -7.29. The summed E-state index contributed by atoms with van der Waals surface area (Å²) in [5, 5.41) is 6.20. The van der Waals surface area contributed by atoms with E-state index in [1.807, 2.05) is 19.9 Å².